The van der Waals surface area contributed by atoms with Crippen LogP contribution in [0.15, 0.2) is 12.1 Å². The summed E-state index contributed by atoms with van der Waals surface area (Å²) in [5.41, 5.74) is 5.28. The lowest BCUT2D eigenvalue weighted by Gasteiger charge is -2.23. The highest BCUT2D eigenvalue weighted by molar-refractivity contribution is 5.87. The number of nitrogens with one attached hydrogen (secondary N) is 2. The second kappa shape index (κ2) is 8.50. The molecule has 0 saturated carbocycles. The van der Waals surface area contributed by atoms with Crippen molar-refractivity contribution >= 4 is 11.8 Å². The van der Waals surface area contributed by atoms with Crippen LogP contribution in [0.5, 0.6) is 0 Å². The van der Waals surface area contributed by atoms with Gasteiger partial charge in [0.1, 0.15) is 6.04 Å². The lowest BCUT2D eigenvalue weighted by molar-refractivity contribution is -0.129. The molecule has 0 aliphatic carbocycles. The van der Waals surface area contributed by atoms with Crippen LogP contribution in [0.1, 0.15) is 63.8 Å². The third-order valence-corrected chi connectivity index (χ3v) is 4.54. The molecular formula is C21H34N2O2. The molecule has 1 atom stereocenters. The number of amides is 2. The van der Waals surface area contributed by atoms with Crippen molar-refractivity contribution in [3.05, 3.63) is 34.4 Å². The molecule has 1 aromatic rings. The Morgan fingerprint density at radius 1 is 1.08 bits per heavy atom. The lowest BCUT2D eigenvalue weighted by Crippen LogP contribution is -2.49. The van der Waals surface area contributed by atoms with E-state index in [9.17, 15) is 9.59 Å². The van der Waals surface area contributed by atoms with Gasteiger partial charge < -0.3 is 10.6 Å². The molecule has 4 nitrogen and oxygen atoms in total. The minimum atomic E-state index is -0.483. The van der Waals surface area contributed by atoms with Crippen molar-refractivity contribution in [3.63, 3.8) is 0 Å². The summed E-state index contributed by atoms with van der Waals surface area (Å²) in [6.45, 7) is 16.8. The number of carbonyl (C=O) groups excluding carboxylic acids is 2. The maximum absolute atomic E-state index is 12.3. The fraction of sp³-hybridized carbons (Fsp3) is 0.619. The van der Waals surface area contributed by atoms with E-state index in [1.807, 2.05) is 13.8 Å². The summed E-state index contributed by atoms with van der Waals surface area (Å²) in [5, 5.41) is 5.69. The van der Waals surface area contributed by atoms with Crippen LogP contribution >= 0.6 is 0 Å². The molecule has 1 unspecified atom stereocenters. The summed E-state index contributed by atoms with van der Waals surface area (Å²) in [6.07, 6.45) is 0.790. The van der Waals surface area contributed by atoms with Gasteiger partial charge in [0, 0.05) is 13.5 Å². The van der Waals surface area contributed by atoms with Crippen LogP contribution in [0, 0.1) is 19.8 Å². The van der Waals surface area contributed by atoms with Crippen molar-refractivity contribution < 1.29 is 9.59 Å². The number of carbonyl (C=O) groups is 2. The van der Waals surface area contributed by atoms with Crippen LogP contribution in [-0.2, 0) is 21.4 Å². The Morgan fingerprint density at radius 2 is 1.60 bits per heavy atom. The van der Waals surface area contributed by atoms with Gasteiger partial charge in [0.05, 0.1) is 0 Å². The summed E-state index contributed by atoms with van der Waals surface area (Å²) in [5.74, 6) is -0.247. The molecule has 0 aliphatic heterocycles. The van der Waals surface area contributed by atoms with Crippen LogP contribution in [0.3, 0.4) is 0 Å². The quantitative estimate of drug-likeness (QED) is 0.829. The van der Waals surface area contributed by atoms with Gasteiger partial charge in [-0.3, -0.25) is 9.59 Å². The molecule has 0 saturated heterocycles. The molecule has 2 N–H and O–H groups in total. The molecule has 2 amide bonds. The Labute approximate surface area is 152 Å². The second-order valence-electron chi connectivity index (χ2n) is 8.30. The lowest BCUT2D eigenvalue weighted by atomic mass is 9.83. The van der Waals surface area contributed by atoms with Crippen LogP contribution in [0.25, 0.3) is 0 Å². The van der Waals surface area contributed by atoms with Crippen molar-refractivity contribution in [1.29, 1.82) is 0 Å². The zero-order valence-corrected chi connectivity index (χ0v) is 17.0. The molecule has 0 aliphatic rings. The average molecular weight is 347 g/mol. The number of aryl methyl sites for hydroxylation is 2. The molecule has 140 valence electrons. The Balaban J connectivity index is 2.76. The van der Waals surface area contributed by atoms with Crippen molar-refractivity contribution in [1.82, 2.24) is 10.6 Å². The van der Waals surface area contributed by atoms with E-state index in [1.54, 1.807) is 0 Å². The first-order chi connectivity index (χ1) is 11.4. The van der Waals surface area contributed by atoms with Gasteiger partial charge in [-0.25, -0.2) is 0 Å². The Kier molecular flexibility index (Phi) is 7.21. The van der Waals surface area contributed by atoms with E-state index in [1.165, 1.54) is 29.2 Å². The topological polar surface area (TPSA) is 58.2 Å². The first-order valence-electron chi connectivity index (χ1n) is 9.09. The van der Waals surface area contributed by atoms with Gasteiger partial charge in [-0.2, -0.15) is 0 Å². The molecule has 0 radical (unpaired) electrons. The van der Waals surface area contributed by atoms with Crippen molar-refractivity contribution in [2.45, 2.75) is 73.3 Å². The minimum Gasteiger partial charge on any atom is -0.354 e. The van der Waals surface area contributed by atoms with Crippen LogP contribution in [-0.4, -0.2) is 24.4 Å². The minimum absolute atomic E-state index is 0.0541. The van der Waals surface area contributed by atoms with E-state index in [0.29, 0.717) is 6.54 Å². The van der Waals surface area contributed by atoms with Crippen LogP contribution in [0.4, 0.5) is 0 Å². The van der Waals surface area contributed by atoms with E-state index < -0.39 is 6.04 Å². The molecular weight excluding hydrogens is 312 g/mol. The molecule has 0 aromatic heterocycles. The number of rotatable bonds is 6. The largest absolute Gasteiger partial charge is 0.354 e. The van der Waals surface area contributed by atoms with Gasteiger partial charge in [0.2, 0.25) is 11.8 Å². The first kappa shape index (κ1) is 21.2. The molecule has 25 heavy (non-hydrogen) atoms. The van der Waals surface area contributed by atoms with E-state index in [4.69, 9.17) is 0 Å². The van der Waals surface area contributed by atoms with Gasteiger partial charge in [0.25, 0.3) is 0 Å². The zero-order valence-electron chi connectivity index (χ0n) is 17.0. The predicted molar refractivity (Wildman–Crippen MR) is 104 cm³/mol. The molecule has 1 rings (SSSR count). The fourth-order valence-electron chi connectivity index (χ4n) is 3.00. The van der Waals surface area contributed by atoms with Crippen LogP contribution < -0.4 is 10.6 Å². The molecule has 0 bridgehead atoms. The fourth-order valence-corrected chi connectivity index (χ4v) is 3.00. The smallest absolute Gasteiger partial charge is 0.242 e. The van der Waals surface area contributed by atoms with Gasteiger partial charge in [0.15, 0.2) is 0 Å². The number of hydrogen-bond donors (Lipinski definition) is 2. The standard InChI is InChI=1S/C21H34N2O2/c1-13(2)19(23-16(5)24)20(25)22-10-9-18-14(3)11-17(12-15(18)4)21(6,7)8/h11-13,19H,9-10H2,1-8H3,(H,22,25)(H,23,24). The molecule has 4 heteroatoms. The normalized spacial score (nSPS) is 12.8. The molecule has 0 fully saturated rings. The second-order valence-corrected chi connectivity index (χ2v) is 8.30. The van der Waals surface area contributed by atoms with E-state index in [2.05, 4.69) is 57.4 Å². The van der Waals surface area contributed by atoms with Gasteiger partial charge in [-0.15, -0.1) is 0 Å². The molecule has 0 spiro atoms. The van der Waals surface area contributed by atoms with Crippen molar-refractivity contribution in [2.24, 2.45) is 5.92 Å². The predicted octanol–water partition coefficient (Wildman–Crippen LogP) is 3.42. The van der Waals surface area contributed by atoms with E-state index >= 15 is 0 Å². The van der Waals surface area contributed by atoms with E-state index in [0.717, 1.165) is 6.42 Å². The highest BCUT2D eigenvalue weighted by atomic mass is 16.2. The monoisotopic (exact) mass is 346 g/mol. The maximum atomic E-state index is 12.3. The molecule has 0 heterocycles. The third kappa shape index (κ3) is 6.18. The van der Waals surface area contributed by atoms with E-state index in [-0.39, 0.29) is 23.1 Å². The Hall–Kier alpha value is -1.84. The number of hydrogen-bond acceptors (Lipinski definition) is 2. The summed E-state index contributed by atoms with van der Waals surface area (Å²) in [7, 11) is 0. The third-order valence-electron chi connectivity index (χ3n) is 4.54. The highest BCUT2D eigenvalue weighted by Crippen LogP contribution is 2.27. The van der Waals surface area contributed by atoms with Gasteiger partial charge in [-0.05, 0) is 53.9 Å². The molecule has 1 aromatic carbocycles. The van der Waals surface area contributed by atoms with Crippen molar-refractivity contribution in [3.8, 4) is 0 Å². The summed E-state index contributed by atoms with van der Waals surface area (Å²) in [4.78, 5) is 23.6. The highest BCUT2D eigenvalue weighted by Gasteiger charge is 2.22. The zero-order chi connectivity index (χ0) is 19.4. The van der Waals surface area contributed by atoms with Gasteiger partial charge >= 0.3 is 0 Å². The summed E-state index contributed by atoms with van der Waals surface area (Å²) < 4.78 is 0. The summed E-state index contributed by atoms with van der Waals surface area (Å²) in [6, 6.07) is 4.01. The maximum Gasteiger partial charge on any atom is 0.242 e. The van der Waals surface area contributed by atoms with Crippen molar-refractivity contribution in [2.75, 3.05) is 6.54 Å². The Morgan fingerprint density at radius 3 is 2.00 bits per heavy atom. The van der Waals surface area contributed by atoms with Crippen LogP contribution in [0.2, 0.25) is 0 Å². The average Bonchev–Trinajstić information content (AvgIpc) is 2.45. The van der Waals surface area contributed by atoms with Gasteiger partial charge in [-0.1, -0.05) is 46.8 Å². The summed E-state index contributed by atoms with van der Waals surface area (Å²) >= 11 is 0. The Bertz CT molecular complexity index is 604. The number of benzene rings is 1. The first-order valence-corrected chi connectivity index (χ1v) is 9.09. The SMILES string of the molecule is CC(=O)NC(C(=O)NCCc1c(C)cc(C(C)(C)C)cc1C)C(C)C.